The van der Waals surface area contributed by atoms with Gasteiger partial charge < -0.3 is 4.42 Å². The number of para-hydroxylation sites is 1. The van der Waals surface area contributed by atoms with Crippen LogP contribution in [-0.2, 0) is 4.79 Å². The summed E-state index contributed by atoms with van der Waals surface area (Å²) in [6.07, 6.45) is 1.76. The molecule has 1 amide bonds. The number of thioether (sulfide) groups is 1. The zero-order valence-electron chi connectivity index (χ0n) is 14.4. The van der Waals surface area contributed by atoms with Gasteiger partial charge in [-0.15, -0.1) is 0 Å². The fraction of sp³-hybridized carbons (Fsp3) is 0.0476. The molecule has 1 aliphatic rings. The molecular weight excluding hydrogens is 394 g/mol. The van der Waals surface area contributed by atoms with E-state index in [1.54, 1.807) is 22.7 Å². The van der Waals surface area contributed by atoms with Gasteiger partial charge in [0, 0.05) is 11.0 Å². The molecular formula is C21H15NO2S3. The largest absolute Gasteiger partial charge is 0.450 e. The van der Waals surface area contributed by atoms with Crippen LogP contribution < -0.4 is 4.90 Å². The second-order valence-electron chi connectivity index (χ2n) is 5.88. The lowest BCUT2D eigenvalue weighted by Crippen LogP contribution is -2.28. The normalized spacial score (nSPS) is 15.7. The summed E-state index contributed by atoms with van der Waals surface area (Å²) in [5, 5.41) is 0.779. The van der Waals surface area contributed by atoms with Crippen molar-refractivity contribution in [2.45, 2.75) is 16.9 Å². The average molecular weight is 410 g/mol. The number of carbonyl (C=O) groups excluding carboxylic acids is 1. The van der Waals surface area contributed by atoms with E-state index in [0.717, 1.165) is 21.2 Å². The van der Waals surface area contributed by atoms with Gasteiger partial charge in [0.05, 0.1) is 10.6 Å². The van der Waals surface area contributed by atoms with Gasteiger partial charge in [0.1, 0.15) is 5.76 Å². The van der Waals surface area contributed by atoms with Gasteiger partial charge >= 0.3 is 0 Å². The Hall–Kier alpha value is -2.28. The molecule has 3 aromatic rings. The van der Waals surface area contributed by atoms with Crippen molar-refractivity contribution in [3.05, 3.63) is 83.0 Å². The van der Waals surface area contributed by atoms with Crippen LogP contribution in [0.2, 0.25) is 0 Å². The van der Waals surface area contributed by atoms with E-state index in [0.29, 0.717) is 15.0 Å². The Labute approximate surface area is 171 Å². The zero-order chi connectivity index (χ0) is 18.8. The van der Waals surface area contributed by atoms with Crippen LogP contribution in [0.5, 0.6) is 0 Å². The number of amides is 1. The number of rotatable bonds is 4. The number of benzene rings is 2. The summed E-state index contributed by atoms with van der Waals surface area (Å²) in [7, 11) is 0. The van der Waals surface area contributed by atoms with Crippen molar-refractivity contribution in [2.75, 3.05) is 4.90 Å². The summed E-state index contributed by atoms with van der Waals surface area (Å²) in [6.45, 7) is 1.97. The molecule has 6 heteroatoms. The Balaban J connectivity index is 1.56. The van der Waals surface area contributed by atoms with Crippen molar-refractivity contribution in [3.8, 4) is 0 Å². The van der Waals surface area contributed by atoms with Crippen LogP contribution in [0, 0.1) is 6.92 Å². The van der Waals surface area contributed by atoms with Gasteiger partial charge in [-0.05, 0) is 42.8 Å². The Kier molecular flexibility index (Phi) is 5.20. The first-order valence-electron chi connectivity index (χ1n) is 8.28. The molecule has 2 aromatic carbocycles. The quantitative estimate of drug-likeness (QED) is 0.381. The summed E-state index contributed by atoms with van der Waals surface area (Å²) < 4.78 is 6.39. The summed E-state index contributed by atoms with van der Waals surface area (Å²) in [5.74, 6) is 0.520. The third-order valence-corrected chi connectivity index (χ3v) is 6.22. The highest BCUT2D eigenvalue weighted by atomic mass is 32.2. The molecule has 0 unspecified atom stereocenters. The Morgan fingerprint density at radius 1 is 1.04 bits per heavy atom. The van der Waals surface area contributed by atoms with Gasteiger partial charge in [0.2, 0.25) is 0 Å². The van der Waals surface area contributed by atoms with Gasteiger partial charge in [-0.25, -0.2) is 0 Å². The number of carbonyl (C=O) groups is 1. The van der Waals surface area contributed by atoms with E-state index >= 15 is 0 Å². The number of aryl methyl sites for hydroxylation is 1. The first-order valence-corrected chi connectivity index (χ1v) is 10.3. The molecule has 27 heavy (non-hydrogen) atoms. The number of nitrogens with zero attached hydrogens (tertiary/aromatic N) is 1. The summed E-state index contributed by atoms with van der Waals surface area (Å²) in [6, 6.07) is 21.5. The van der Waals surface area contributed by atoms with Crippen molar-refractivity contribution < 1.29 is 9.21 Å². The van der Waals surface area contributed by atoms with E-state index in [2.05, 4.69) is 0 Å². The molecule has 0 bridgehead atoms. The van der Waals surface area contributed by atoms with E-state index in [1.165, 1.54) is 11.8 Å². The van der Waals surface area contributed by atoms with Crippen molar-refractivity contribution in [2.24, 2.45) is 0 Å². The van der Waals surface area contributed by atoms with Gasteiger partial charge in [0.25, 0.3) is 5.91 Å². The molecule has 0 saturated carbocycles. The predicted octanol–water partition coefficient (Wildman–Crippen LogP) is 6.15. The SMILES string of the molecule is Cc1ccccc1N1C(=O)/C(=C\c2ccc(Sc3ccccc3)o2)SC1=S. The predicted molar refractivity (Wildman–Crippen MR) is 116 cm³/mol. The summed E-state index contributed by atoms with van der Waals surface area (Å²) >= 11 is 8.28. The smallest absolute Gasteiger partial charge is 0.270 e. The number of furan rings is 1. The maximum atomic E-state index is 12.9. The van der Waals surface area contributed by atoms with Crippen molar-refractivity contribution in [1.82, 2.24) is 0 Å². The minimum atomic E-state index is -0.118. The number of thiocarbonyl (C=S) groups is 1. The van der Waals surface area contributed by atoms with Gasteiger partial charge in [-0.3, -0.25) is 9.69 Å². The second kappa shape index (κ2) is 7.76. The highest BCUT2D eigenvalue weighted by molar-refractivity contribution is 8.27. The standard InChI is InChI=1S/C21H15NO2S3/c1-14-7-5-6-10-17(14)22-20(23)18(27-21(22)25)13-15-11-12-19(24-15)26-16-8-3-2-4-9-16/h2-13H,1H3/b18-13+. The van der Waals surface area contributed by atoms with E-state index in [-0.39, 0.29) is 5.91 Å². The van der Waals surface area contributed by atoms with Crippen LogP contribution in [0.25, 0.3) is 6.08 Å². The van der Waals surface area contributed by atoms with Crippen LogP contribution in [0.3, 0.4) is 0 Å². The lowest BCUT2D eigenvalue weighted by Gasteiger charge is -2.16. The van der Waals surface area contributed by atoms with Crippen LogP contribution in [0.15, 0.2) is 86.0 Å². The molecule has 1 saturated heterocycles. The molecule has 1 aliphatic heterocycles. The second-order valence-corrected chi connectivity index (χ2v) is 8.63. The molecule has 134 valence electrons. The van der Waals surface area contributed by atoms with E-state index in [9.17, 15) is 4.79 Å². The molecule has 1 aromatic heterocycles. The molecule has 0 N–H and O–H groups in total. The van der Waals surface area contributed by atoms with Gasteiger partial charge in [-0.2, -0.15) is 0 Å². The Bertz CT molecular complexity index is 1040. The fourth-order valence-corrected chi connectivity index (χ4v) is 4.75. The molecule has 0 atom stereocenters. The van der Waals surface area contributed by atoms with Crippen LogP contribution in [-0.4, -0.2) is 10.2 Å². The Morgan fingerprint density at radius 3 is 2.56 bits per heavy atom. The first kappa shape index (κ1) is 18.1. The van der Waals surface area contributed by atoms with Crippen molar-refractivity contribution in [1.29, 1.82) is 0 Å². The first-order chi connectivity index (χ1) is 13.1. The third-order valence-electron chi connectivity index (χ3n) is 3.99. The molecule has 3 nitrogen and oxygen atoms in total. The minimum Gasteiger partial charge on any atom is -0.450 e. The fourth-order valence-electron chi connectivity index (χ4n) is 2.69. The summed E-state index contributed by atoms with van der Waals surface area (Å²) in [5.41, 5.74) is 1.83. The number of hydrogen-bond donors (Lipinski definition) is 0. The van der Waals surface area contributed by atoms with Gasteiger partial charge in [0.15, 0.2) is 9.41 Å². The molecule has 0 radical (unpaired) electrons. The zero-order valence-corrected chi connectivity index (χ0v) is 16.9. The minimum absolute atomic E-state index is 0.118. The molecule has 0 aliphatic carbocycles. The van der Waals surface area contributed by atoms with Crippen LogP contribution in [0.1, 0.15) is 11.3 Å². The lowest BCUT2D eigenvalue weighted by atomic mass is 10.2. The lowest BCUT2D eigenvalue weighted by molar-refractivity contribution is -0.113. The van der Waals surface area contributed by atoms with Crippen molar-refractivity contribution in [3.63, 3.8) is 0 Å². The van der Waals surface area contributed by atoms with E-state index in [4.69, 9.17) is 16.6 Å². The van der Waals surface area contributed by atoms with E-state index < -0.39 is 0 Å². The third kappa shape index (κ3) is 3.88. The van der Waals surface area contributed by atoms with E-state index in [1.807, 2.05) is 73.7 Å². The molecule has 1 fully saturated rings. The Morgan fingerprint density at radius 2 is 1.78 bits per heavy atom. The summed E-state index contributed by atoms with van der Waals surface area (Å²) in [4.78, 5) is 16.1. The van der Waals surface area contributed by atoms with Crippen molar-refractivity contribution >= 4 is 57.7 Å². The van der Waals surface area contributed by atoms with Crippen LogP contribution >= 0.6 is 35.7 Å². The molecule has 4 rings (SSSR count). The highest BCUT2D eigenvalue weighted by Crippen LogP contribution is 2.38. The topological polar surface area (TPSA) is 33.5 Å². The number of hydrogen-bond acceptors (Lipinski definition) is 5. The highest BCUT2D eigenvalue weighted by Gasteiger charge is 2.34. The monoisotopic (exact) mass is 409 g/mol. The average Bonchev–Trinajstić information content (AvgIpc) is 3.21. The maximum absolute atomic E-state index is 12.9. The van der Waals surface area contributed by atoms with Gasteiger partial charge in [-0.1, -0.05) is 72.1 Å². The maximum Gasteiger partial charge on any atom is 0.270 e. The molecule has 2 heterocycles. The number of anilines is 1. The van der Waals surface area contributed by atoms with Crippen LogP contribution in [0.4, 0.5) is 5.69 Å². The molecule has 0 spiro atoms.